The second kappa shape index (κ2) is 11.9. The van der Waals surface area contributed by atoms with Gasteiger partial charge in [0.25, 0.3) is 10.0 Å². The Balaban J connectivity index is 1.77. The van der Waals surface area contributed by atoms with Crippen LogP contribution in [-0.2, 0) is 26.9 Å². The Morgan fingerprint density at radius 1 is 0.975 bits per heavy atom. The van der Waals surface area contributed by atoms with Gasteiger partial charge in [0.05, 0.1) is 55.4 Å². The van der Waals surface area contributed by atoms with E-state index < -0.39 is 32.2 Å². The average Bonchev–Trinajstić information content (AvgIpc) is 3.36. The fraction of sp³-hybridized carbons (Fsp3) is 0.292. The smallest absolute Gasteiger partial charge is 0.282 e. The Kier molecular flexibility index (Phi) is 8.61. The lowest BCUT2D eigenvalue weighted by molar-refractivity contribution is 0.308. The van der Waals surface area contributed by atoms with E-state index in [9.17, 15) is 16.8 Å². The Hall–Kier alpha value is -4.15. The van der Waals surface area contributed by atoms with E-state index in [4.69, 9.17) is 19.3 Å². The van der Waals surface area contributed by atoms with Crippen molar-refractivity contribution in [2.45, 2.75) is 5.03 Å². The van der Waals surface area contributed by atoms with Gasteiger partial charge in [-0.25, -0.2) is 23.4 Å². The molecule has 0 bridgehead atoms. The molecule has 0 saturated heterocycles. The number of hydrogen-bond donors (Lipinski definition) is 3. The minimum Gasteiger partial charge on any atom is -0.497 e. The third-order valence-electron chi connectivity index (χ3n) is 5.54. The van der Waals surface area contributed by atoms with E-state index in [0.29, 0.717) is 16.8 Å². The van der Waals surface area contributed by atoms with Crippen LogP contribution in [-0.4, -0.2) is 80.4 Å². The summed E-state index contributed by atoms with van der Waals surface area (Å²) in [5, 5.41) is 11.8. The number of fused-ring (bicyclic) bond motifs is 1. The lowest BCUT2D eigenvalue weighted by Crippen LogP contribution is -2.19. The number of aliphatic hydroxyl groups is 1. The molecular formula is C24H28N6O8S2. The second-order valence-electron chi connectivity index (χ2n) is 8.45. The molecule has 0 radical (unpaired) electrons. The van der Waals surface area contributed by atoms with Crippen LogP contribution in [0.4, 0.5) is 17.3 Å². The Morgan fingerprint density at radius 3 is 2.27 bits per heavy atom. The lowest BCUT2D eigenvalue weighted by Gasteiger charge is -2.19. The summed E-state index contributed by atoms with van der Waals surface area (Å²) in [7, 11) is -3.20. The number of anilines is 3. The molecule has 0 fully saturated rings. The summed E-state index contributed by atoms with van der Waals surface area (Å²) in [5.74, 6) is -0.152. The van der Waals surface area contributed by atoms with Crippen LogP contribution in [0.1, 0.15) is 0 Å². The molecule has 0 atom stereocenters. The van der Waals surface area contributed by atoms with Gasteiger partial charge >= 0.3 is 0 Å². The van der Waals surface area contributed by atoms with Crippen LogP contribution in [0.2, 0.25) is 0 Å². The quantitative estimate of drug-likeness (QED) is 0.205. The molecule has 3 N–H and O–H groups in total. The fourth-order valence-corrected chi connectivity index (χ4v) is 5.41. The topological polar surface area (TPSA) is 184 Å². The molecule has 4 rings (SSSR count). The zero-order chi connectivity index (χ0) is 28.9. The number of rotatable bonds is 13. The molecule has 2 heterocycles. The number of nitrogens with zero attached hydrogens (tertiary/aromatic N) is 4. The summed E-state index contributed by atoms with van der Waals surface area (Å²) in [5.41, 5.74) is 1.14. The van der Waals surface area contributed by atoms with E-state index in [1.54, 1.807) is 43.4 Å². The number of aryl methyl sites for hydroxylation is 1. The fourth-order valence-electron chi connectivity index (χ4n) is 3.59. The maximum Gasteiger partial charge on any atom is 0.282 e. The minimum absolute atomic E-state index is 0.0197. The second-order valence-corrected chi connectivity index (χ2v) is 12.4. The van der Waals surface area contributed by atoms with Crippen LogP contribution < -0.4 is 24.2 Å². The maximum absolute atomic E-state index is 13.1. The normalized spacial score (nSPS) is 11.8. The summed E-state index contributed by atoms with van der Waals surface area (Å²) < 4.78 is 70.9. The van der Waals surface area contributed by atoms with Crippen molar-refractivity contribution in [1.82, 2.24) is 19.5 Å². The first-order valence-electron chi connectivity index (χ1n) is 11.8. The molecule has 14 nitrogen and oxygen atoms in total. The first-order valence-corrected chi connectivity index (χ1v) is 15.1. The van der Waals surface area contributed by atoms with E-state index in [0.717, 1.165) is 0 Å². The number of sulfonamides is 1. The lowest BCUT2D eigenvalue weighted by atomic mass is 10.2. The van der Waals surface area contributed by atoms with Crippen LogP contribution in [0.3, 0.4) is 0 Å². The van der Waals surface area contributed by atoms with Gasteiger partial charge in [0.2, 0.25) is 0 Å². The van der Waals surface area contributed by atoms with Gasteiger partial charge in [0.1, 0.15) is 12.4 Å². The molecule has 0 aliphatic heterocycles. The highest BCUT2D eigenvalue weighted by Gasteiger charge is 2.23. The first-order chi connectivity index (χ1) is 19.0. The summed E-state index contributed by atoms with van der Waals surface area (Å²) in [6.45, 7) is -0.749. The predicted octanol–water partition coefficient (Wildman–Crippen LogP) is 1.71. The summed E-state index contributed by atoms with van der Waals surface area (Å²) in [6.07, 6.45) is 2.69. The Bertz CT molecular complexity index is 1720. The molecule has 40 heavy (non-hydrogen) atoms. The Labute approximate surface area is 230 Å². The van der Waals surface area contributed by atoms with Crippen molar-refractivity contribution in [2.75, 3.05) is 49.0 Å². The zero-order valence-electron chi connectivity index (χ0n) is 21.9. The van der Waals surface area contributed by atoms with Crippen molar-refractivity contribution in [3.63, 3.8) is 0 Å². The highest BCUT2D eigenvalue weighted by Crippen LogP contribution is 2.41. The summed E-state index contributed by atoms with van der Waals surface area (Å²) in [4.78, 5) is 12.9. The van der Waals surface area contributed by atoms with Gasteiger partial charge < -0.3 is 29.2 Å². The molecule has 0 unspecified atom stereocenters. The SMILES string of the molecule is COc1cc(Nc2nc3ccccc3nc2NS(=O)(=O)c2cn(C)cn2)c(OCCS(=O)(=O)CCO)c(OC)c1. The molecule has 4 aromatic rings. The van der Waals surface area contributed by atoms with Crippen molar-refractivity contribution in [3.05, 3.63) is 48.9 Å². The van der Waals surface area contributed by atoms with Crippen molar-refractivity contribution < 1.29 is 36.2 Å². The van der Waals surface area contributed by atoms with E-state index in [1.807, 2.05) is 0 Å². The van der Waals surface area contributed by atoms with E-state index in [2.05, 4.69) is 25.0 Å². The molecule has 16 heteroatoms. The van der Waals surface area contributed by atoms with Crippen molar-refractivity contribution >= 4 is 48.2 Å². The zero-order valence-corrected chi connectivity index (χ0v) is 23.5. The van der Waals surface area contributed by atoms with Crippen LogP contribution in [0.25, 0.3) is 11.0 Å². The molecule has 2 aromatic carbocycles. The van der Waals surface area contributed by atoms with Crippen molar-refractivity contribution in [2.24, 2.45) is 7.05 Å². The van der Waals surface area contributed by atoms with Gasteiger partial charge in [-0.3, -0.25) is 4.72 Å². The van der Waals surface area contributed by atoms with Gasteiger partial charge in [0, 0.05) is 25.4 Å². The van der Waals surface area contributed by atoms with Gasteiger partial charge in [-0.1, -0.05) is 12.1 Å². The van der Waals surface area contributed by atoms with E-state index in [-0.39, 0.29) is 46.2 Å². The average molecular weight is 593 g/mol. The first kappa shape index (κ1) is 28.8. The number of nitrogens with one attached hydrogen (secondary N) is 2. The molecule has 214 valence electrons. The molecule has 0 aliphatic carbocycles. The number of benzene rings is 2. The predicted molar refractivity (Wildman–Crippen MR) is 148 cm³/mol. The molecular weight excluding hydrogens is 564 g/mol. The number of methoxy groups -OCH3 is 2. The monoisotopic (exact) mass is 592 g/mol. The van der Waals surface area contributed by atoms with Gasteiger partial charge in [-0.15, -0.1) is 0 Å². The van der Waals surface area contributed by atoms with Crippen LogP contribution >= 0.6 is 0 Å². The molecule has 0 spiro atoms. The molecule has 0 saturated carbocycles. The van der Waals surface area contributed by atoms with E-state index >= 15 is 0 Å². The van der Waals surface area contributed by atoms with Crippen LogP contribution in [0.5, 0.6) is 17.2 Å². The molecule has 0 amide bonds. The number of ether oxygens (including phenoxy) is 3. The van der Waals surface area contributed by atoms with Gasteiger partial charge in [0.15, 0.2) is 38.0 Å². The highest BCUT2D eigenvalue weighted by atomic mass is 32.2. The molecule has 2 aromatic heterocycles. The third-order valence-corrected chi connectivity index (χ3v) is 8.35. The van der Waals surface area contributed by atoms with Crippen molar-refractivity contribution in [3.8, 4) is 17.2 Å². The van der Waals surface area contributed by atoms with E-state index in [1.165, 1.54) is 31.3 Å². The highest BCUT2D eigenvalue weighted by molar-refractivity contribution is 7.92. The van der Waals surface area contributed by atoms with Gasteiger partial charge in [-0.2, -0.15) is 8.42 Å². The van der Waals surface area contributed by atoms with Gasteiger partial charge in [-0.05, 0) is 12.1 Å². The molecule has 0 aliphatic rings. The number of hydrogen-bond acceptors (Lipinski definition) is 12. The maximum atomic E-state index is 13.1. The minimum atomic E-state index is -4.14. The number of para-hydroxylation sites is 2. The number of aromatic nitrogens is 4. The van der Waals surface area contributed by atoms with Crippen LogP contribution in [0.15, 0.2) is 53.9 Å². The number of sulfone groups is 1. The summed E-state index contributed by atoms with van der Waals surface area (Å²) in [6, 6.07) is 9.98. The number of aliphatic hydroxyl groups excluding tert-OH is 1. The number of imidazole rings is 1. The standard InChI is InChI=1S/C24H28N6O8S2/c1-30-14-21(25-15-30)40(34,35)29-24-23(26-17-6-4-5-7-18(17)27-24)28-19-12-16(36-2)13-20(37-3)22(19)38-9-11-39(32,33)10-8-31/h4-7,12-15,31H,8-11H2,1-3H3,(H,26,28)(H,27,29). The van der Waals surface area contributed by atoms with Crippen LogP contribution in [0, 0.1) is 0 Å². The summed E-state index contributed by atoms with van der Waals surface area (Å²) >= 11 is 0. The Morgan fingerprint density at radius 2 is 1.68 bits per heavy atom. The third kappa shape index (κ3) is 6.70. The largest absolute Gasteiger partial charge is 0.497 e. The van der Waals surface area contributed by atoms with Crippen molar-refractivity contribution in [1.29, 1.82) is 0 Å².